The Hall–Kier alpha value is -3.87. The zero-order chi connectivity index (χ0) is 33.3. The molecule has 2 saturated heterocycles. The van der Waals surface area contributed by atoms with Crippen LogP contribution in [0.5, 0.6) is 0 Å². The first-order chi connectivity index (χ1) is 20.5. The highest BCUT2D eigenvalue weighted by atomic mass is 16.8. The standard InChI is InChI=1S/C26H36O18/c1-10(27)35-8-17-20(21(38-13(4)30)23(25(34)42-17)40-15(6)32)44-26-24(41-16(7)33)22(39-14(5)31)19(37-12(3)29)18(43-26)9-36-11(2)28/h17-26,34H,8-9H2,1-7H3/t17-,18+,19+,20+,21+,22+,23+,24+,25+,26-/m0/s1. The topological polar surface area (TPSA) is 232 Å². The predicted molar refractivity (Wildman–Crippen MR) is 135 cm³/mol. The normalized spacial score (nSPS) is 31.5. The van der Waals surface area contributed by atoms with Crippen molar-refractivity contribution in [1.29, 1.82) is 0 Å². The number of hydrogen-bond donors (Lipinski definition) is 1. The van der Waals surface area contributed by atoms with E-state index in [9.17, 15) is 38.7 Å². The molecular weight excluding hydrogens is 600 g/mol. The van der Waals surface area contributed by atoms with Gasteiger partial charge in [-0.3, -0.25) is 33.6 Å². The largest absolute Gasteiger partial charge is 0.463 e. The molecule has 18 heteroatoms. The summed E-state index contributed by atoms with van der Waals surface area (Å²) in [6.45, 7) is 6.11. The fourth-order valence-corrected chi connectivity index (χ4v) is 4.49. The molecule has 0 saturated carbocycles. The van der Waals surface area contributed by atoms with Crippen molar-refractivity contribution in [3.8, 4) is 0 Å². The van der Waals surface area contributed by atoms with E-state index >= 15 is 0 Å². The van der Waals surface area contributed by atoms with Gasteiger partial charge in [-0.25, -0.2) is 0 Å². The smallest absolute Gasteiger partial charge is 0.303 e. The second-order valence-corrected chi connectivity index (χ2v) is 9.68. The third-order valence-electron chi connectivity index (χ3n) is 5.90. The zero-order valence-corrected chi connectivity index (χ0v) is 25.1. The first kappa shape index (κ1) is 36.3. The first-order valence-electron chi connectivity index (χ1n) is 13.3. The number of hydrogen-bond acceptors (Lipinski definition) is 18. The molecule has 0 radical (unpaired) electrons. The van der Waals surface area contributed by atoms with Gasteiger partial charge in [0, 0.05) is 48.5 Å². The van der Waals surface area contributed by atoms with Crippen LogP contribution in [-0.4, -0.2) is 122 Å². The molecule has 2 fully saturated rings. The minimum absolute atomic E-state index is 0.572. The van der Waals surface area contributed by atoms with E-state index < -0.39 is 116 Å². The summed E-state index contributed by atoms with van der Waals surface area (Å²) in [5, 5.41) is 10.6. The molecular formula is C26H36O18. The van der Waals surface area contributed by atoms with Crippen molar-refractivity contribution in [2.24, 2.45) is 0 Å². The fraction of sp³-hybridized carbons (Fsp3) is 0.731. The fourth-order valence-electron chi connectivity index (χ4n) is 4.49. The van der Waals surface area contributed by atoms with Crippen LogP contribution in [0.15, 0.2) is 0 Å². The van der Waals surface area contributed by atoms with Gasteiger partial charge in [0.25, 0.3) is 0 Å². The zero-order valence-electron chi connectivity index (χ0n) is 25.1. The Morgan fingerprint density at radius 1 is 0.477 bits per heavy atom. The summed E-state index contributed by atoms with van der Waals surface area (Å²) in [5.41, 5.74) is 0. The molecule has 0 amide bonds. The van der Waals surface area contributed by atoms with Gasteiger partial charge in [-0.15, -0.1) is 0 Å². The van der Waals surface area contributed by atoms with Crippen LogP contribution in [0.25, 0.3) is 0 Å². The molecule has 0 aromatic heterocycles. The average molecular weight is 637 g/mol. The summed E-state index contributed by atoms with van der Waals surface area (Å²) in [7, 11) is 0. The summed E-state index contributed by atoms with van der Waals surface area (Å²) in [5.74, 6) is -6.03. The van der Waals surface area contributed by atoms with Gasteiger partial charge in [0.2, 0.25) is 0 Å². The third-order valence-corrected chi connectivity index (χ3v) is 5.90. The summed E-state index contributed by atoms with van der Waals surface area (Å²) in [4.78, 5) is 83.5. The maximum atomic E-state index is 12.2. The van der Waals surface area contributed by atoms with Crippen LogP contribution < -0.4 is 0 Å². The number of ether oxygens (including phenoxy) is 10. The third kappa shape index (κ3) is 10.7. The van der Waals surface area contributed by atoms with E-state index in [0.29, 0.717) is 0 Å². The SMILES string of the molecule is CC(=O)OC[C@@H]1O[C@@H](O)[C@H](OC(C)=O)[C@H](OC(C)=O)[C@@H]1O[C@@H]1O[C@H](COC(C)=O)[C@@H](OC(C)=O)[C@@H](OC(C)=O)[C@H]1OC(C)=O. The van der Waals surface area contributed by atoms with Gasteiger partial charge in [-0.1, -0.05) is 0 Å². The average Bonchev–Trinajstić information content (AvgIpc) is 2.87. The van der Waals surface area contributed by atoms with E-state index in [4.69, 9.17) is 47.4 Å². The van der Waals surface area contributed by atoms with E-state index in [2.05, 4.69) is 0 Å². The van der Waals surface area contributed by atoms with E-state index in [-0.39, 0.29) is 0 Å². The Morgan fingerprint density at radius 3 is 1.27 bits per heavy atom. The number of carbonyl (C=O) groups is 7. The van der Waals surface area contributed by atoms with Crippen LogP contribution >= 0.6 is 0 Å². The molecule has 44 heavy (non-hydrogen) atoms. The van der Waals surface area contributed by atoms with Crippen molar-refractivity contribution in [3.63, 3.8) is 0 Å². The van der Waals surface area contributed by atoms with Crippen LogP contribution in [0.3, 0.4) is 0 Å². The maximum Gasteiger partial charge on any atom is 0.303 e. The van der Waals surface area contributed by atoms with Gasteiger partial charge < -0.3 is 52.5 Å². The Kier molecular flexibility index (Phi) is 13.4. The Morgan fingerprint density at radius 2 is 0.841 bits per heavy atom. The molecule has 0 aromatic rings. The molecule has 1 N–H and O–H groups in total. The molecule has 248 valence electrons. The number of aliphatic hydroxyl groups is 1. The van der Waals surface area contributed by atoms with Gasteiger partial charge >= 0.3 is 41.8 Å². The lowest BCUT2D eigenvalue weighted by molar-refractivity contribution is -0.357. The number of aliphatic hydroxyl groups excluding tert-OH is 1. The predicted octanol–water partition coefficient (Wildman–Crippen LogP) is -1.40. The molecule has 0 spiro atoms. The molecule has 0 aliphatic carbocycles. The van der Waals surface area contributed by atoms with Gasteiger partial charge in [-0.05, 0) is 0 Å². The molecule has 10 atom stereocenters. The Balaban J connectivity index is 2.66. The van der Waals surface area contributed by atoms with Crippen LogP contribution in [-0.2, 0) is 80.9 Å². The molecule has 2 heterocycles. The second kappa shape index (κ2) is 16.3. The van der Waals surface area contributed by atoms with Crippen molar-refractivity contribution in [1.82, 2.24) is 0 Å². The van der Waals surface area contributed by atoms with Crippen LogP contribution in [0.4, 0.5) is 0 Å². The van der Waals surface area contributed by atoms with Crippen molar-refractivity contribution < 1.29 is 86.0 Å². The summed E-state index contributed by atoms with van der Waals surface area (Å²) < 4.78 is 54.1. The van der Waals surface area contributed by atoms with E-state index in [0.717, 1.165) is 48.5 Å². The number of carbonyl (C=O) groups excluding carboxylic acids is 7. The van der Waals surface area contributed by atoms with Crippen LogP contribution in [0.2, 0.25) is 0 Å². The molecule has 18 nitrogen and oxygen atoms in total. The molecule has 2 aliphatic rings. The first-order valence-corrected chi connectivity index (χ1v) is 13.3. The van der Waals surface area contributed by atoms with Gasteiger partial charge in [0.15, 0.2) is 43.1 Å². The molecule has 0 aromatic carbocycles. The Bertz CT molecular complexity index is 1090. The van der Waals surface area contributed by atoms with E-state index in [1.165, 1.54) is 0 Å². The van der Waals surface area contributed by atoms with Crippen molar-refractivity contribution in [2.75, 3.05) is 13.2 Å². The van der Waals surface area contributed by atoms with E-state index in [1.807, 2.05) is 0 Å². The van der Waals surface area contributed by atoms with E-state index in [1.54, 1.807) is 0 Å². The monoisotopic (exact) mass is 636 g/mol. The maximum absolute atomic E-state index is 12.2. The van der Waals surface area contributed by atoms with Crippen molar-refractivity contribution >= 4 is 41.8 Å². The highest BCUT2D eigenvalue weighted by Gasteiger charge is 2.57. The Labute approximate surface area is 251 Å². The minimum Gasteiger partial charge on any atom is -0.463 e. The summed E-state index contributed by atoms with van der Waals surface area (Å²) in [6.07, 6.45) is -16.3. The van der Waals surface area contributed by atoms with Crippen LogP contribution in [0, 0.1) is 0 Å². The van der Waals surface area contributed by atoms with Gasteiger partial charge in [0.05, 0.1) is 0 Å². The summed E-state index contributed by atoms with van der Waals surface area (Å²) >= 11 is 0. The molecule has 0 bridgehead atoms. The molecule has 2 rings (SSSR count). The summed E-state index contributed by atoms with van der Waals surface area (Å²) in [6, 6.07) is 0. The number of rotatable bonds is 11. The van der Waals surface area contributed by atoms with Gasteiger partial charge in [0.1, 0.15) is 31.5 Å². The lowest BCUT2D eigenvalue weighted by atomic mass is 9.96. The van der Waals surface area contributed by atoms with Crippen molar-refractivity contribution in [3.05, 3.63) is 0 Å². The molecule has 2 aliphatic heterocycles. The highest BCUT2D eigenvalue weighted by Crippen LogP contribution is 2.34. The van der Waals surface area contributed by atoms with Crippen LogP contribution in [0.1, 0.15) is 48.5 Å². The lowest BCUT2D eigenvalue weighted by Crippen LogP contribution is -2.67. The van der Waals surface area contributed by atoms with Crippen molar-refractivity contribution in [2.45, 2.75) is 110 Å². The minimum atomic E-state index is -1.90. The quantitative estimate of drug-likeness (QED) is 0.203. The molecule has 0 unspecified atom stereocenters. The van der Waals surface area contributed by atoms with Gasteiger partial charge in [-0.2, -0.15) is 0 Å². The number of esters is 7. The highest BCUT2D eigenvalue weighted by molar-refractivity contribution is 5.69. The lowest BCUT2D eigenvalue weighted by Gasteiger charge is -2.48. The second-order valence-electron chi connectivity index (χ2n) is 9.68.